The number of carbonyl (C=O) groups is 2. The number of hydrogen-bond donors (Lipinski definition) is 3. The average molecular weight is 426 g/mol. The highest BCUT2D eigenvalue weighted by Crippen LogP contribution is 2.40. The van der Waals surface area contributed by atoms with Gasteiger partial charge < -0.3 is 20.3 Å². The molecule has 2 aromatic carbocycles. The maximum absolute atomic E-state index is 13.1. The molecule has 0 unspecified atom stereocenters. The molecule has 4 rings (SSSR count). The maximum atomic E-state index is 13.1. The van der Waals surface area contributed by atoms with Gasteiger partial charge in [0.15, 0.2) is 0 Å². The number of amides is 1. The lowest BCUT2D eigenvalue weighted by Crippen LogP contribution is -2.43. The summed E-state index contributed by atoms with van der Waals surface area (Å²) in [5.74, 6) is -0.583. The fraction of sp³-hybridized carbons (Fsp3) is 0.318. The van der Waals surface area contributed by atoms with Crippen LogP contribution in [0.4, 0.5) is 0 Å². The van der Waals surface area contributed by atoms with Crippen molar-refractivity contribution in [3.63, 3.8) is 0 Å². The lowest BCUT2D eigenvalue weighted by molar-refractivity contribution is -0.145. The Labute approximate surface area is 177 Å². The highest BCUT2D eigenvalue weighted by Gasteiger charge is 2.45. The quantitative estimate of drug-likeness (QED) is 0.511. The number of fused-ring (bicyclic) bond motifs is 2. The first-order valence-electron chi connectivity index (χ1n) is 9.69. The van der Waals surface area contributed by atoms with Gasteiger partial charge in [0, 0.05) is 0 Å². The zero-order chi connectivity index (χ0) is 21.1. The molecule has 1 aliphatic rings. The zero-order valence-corrected chi connectivity index (χ0v) is 17.1. The van der Waals surface area contributed by atoms with Gasteiger partial charge in [-0.25, -0.2) is 4.98 Å². The molecule has 0 radical (unpaired) electrons. The molecular weight excluding hydrogens is 404 g/mol. The largest absolute Gasteiger partial charge is 0.491 e. The number of nitrogens with zero attached hydrogens (tertiary/aromatic N) is 1. The molecule has 0 saturated carbocycles. The highest BCUT2D eigenvalue weighted by atomic mass is 32.1. The molecule has 3 aromatic rings. The Morgan fingerprint density at radius 1 is 1.17 bits per heavy atom. The van der Waals surface area contributed by atoms with Crippen molar-refractivity contribution in [3.8, 4) is 5.75 Å². The summed E-state index contributed by atoms with van der Waals surface area (Å²) in [4.78, 5) is 29.1. The van der Waals surface area contributed by atoms with Gasteiger partial charge >= 0.3 is 5.97 Å². The van der Waals surface area contributed by atoms with Gasteiger partial charge in [0.05, 0.1) is 35.2 Å². The van der Waals surface area contributed by atoms with Gasteiger partial charge in [0.25, 0.3) is 0 Å². The molecule has 0 saturated heterocycles. The van der Waals surface area contributed by atoms with E-state index in [2.05, 4.69) is 10.3 Å². The topological polar surface area (TPSA) is 109 Å². The summed E-state index contributed by atoms with van der Waals surface area (Å²) in [7, 11) is 0. The summed E-state index contributed by atoms with van der Waals surface area (Å²) >= 11 is 1.44. The number of aromatic nitrogens is 1. The lowest BCUT2D eigenvalue weighted by atomic mass is 9.80. The van der Waals surface area contributed by atoms with E-state index < -0.39 is 11.4 Å². The molecule has 1 aromatic heterocycles. The Hall–Kier alpha value is -2.97. The Kier molecular flexibility index (Phi) is 5.69. The number of aliphatic hydroxyl groups excluding tert-OH is 1. The third kappa shape index (κ3) is 4.15. The van der Waals surface area contributed by atoms with Crippen molar-refractivity contribution in [2.45, 2.75) is 25.8 Å². The van der Waals surface area contributed by atoms with Crippen LogP contribution in [0.3, 0.4) is 0 Å². The van der Waals surface area contributed by atoms with Gasteiger partial charge in [-0.2, -0.15) is 0 Å². The third-order valence-corrected chi connectivity index (χ3v) is 6.33. The van der Waals surface area contributed by atoms with Crippen LogP contribution in [0.2, 0.25) is 0 Å². The summed E-state index contributed by atoms with van der Waals surface area (Å²) in [5.41, 5.74) is 1.89. The molecule has 3 N–H and O–H groups in total. The number of benzene rings is 2. The van der Waals surface area contributed by atoms with Crippen LogP contribution in [0.5, 0.6) is 5.75 Å². The minimum Gasteiger partial charge on any atom is -0.491 e. The van der Waals surface area contributed by atoms with Crippen molar-refractivity contribution in [2.75, 3.05) is 13.2 Å². The summed E-state index contributed by atoms with van der Waals surface area (Å²) in [6.45, 7) is 0.407. The number of carbonyl (C=O) groups excluding carboxylic acids is 1. The van der Waals surface area contributed by atoms with Crippen LogP contribution in [0, 0.1) is 5.41 Å². The van der Waals surface area contributed by atoms with Crippen LogP contribution in [0.25, 0.3) is 10.2 Å². The number of hydrogen-bond acceptors (Lipinski definition) is 6. The van der Waals surface area contributed by atoms with E-state index in [1.807, 2.05) is 36.4 Å². The lowest BCUT2D eigenvalue weighted by Gasteiger charge is -2.25. The number of ether oxygens (including phenoxy) is 1. The second kappa shape index (κ2) is 8.41. The second-order valence-electron chi connectivity index (χ2n) is 7.46. The van der Waals surface area contributed by atoms with Crippen LogP contribution < -0.4 is 10.1 Å². The van der Waals surface area contributed by atoms with Crippen molar-refractivity contribution < 1.29 is 24.5 Å². The van der Waals surface area contributed by atoms with Gasteiger partial charge in [0.1, 0.15) is 17.4 Å². The number of nitrogens with one attached hydrogen (secondary N) is 1. The Balaban J connectivity index is 1.48. The van der Waals surface area contributed by atoms with Crippen LogP contribution in [0.15, 0.2) is 42.5 Å². The maximum Gasteiger partial charge on any atom is 0.304 e. The van der Waals surface area contributed by atoms with Gasteiger partial charge in [0.2, 0.25) is 5.91 Å². The van der Waals surface area contributed by atoms with Crippen LogP contribution in [-0.4, -0.2) is 40.3 Å². The van der Waals surface area contributed by atoms with Gasteiger partial charge in [-0.3, -0.25) is 9.59 Å². The monoisotopic (exact) mass is 426 g/mol. The fourth-order valence-electron chi connectivity index (χ4n) is 3.97. The van der Waals surface area contributed by atoms with Gasteiger partial charge in [-0.15, -0.1) is 11.3 Å². The first-order chi connectivity index (χ1) is 14.5. The third-order valence-electron chi connectivity index (χ3n) is 5.31. The van der Waals surface area contributed by atoms with Crippen molar-refractivity contribution in [3.05, 3.63) is 58.6 Å². The molecule has 0 aliphatic heterocycles. The number of aliphatic carboxylic acids is 1. The predicted octanol–water partition coefficient (Wildman–Crippen LogP) is 2.54. The first kappa shape index (κ1) is 20.3. The molecule has 7 nitrogen and oxygen atoms in total. The molecular formula is C22H22N2O5S. The number of thiazole rings is 1. The molecule has 0 atom stereocenters. The zero-order valence-electron chi connectivity index (χ0n) is 16.3. The summed E-state index contributed by atoms with van der Waals surface area (Å²) < 4.78 is 6.34. The van der Waals surface area contributed by atoms with Crippen LogP contribution in [-0.2, 0) is 29.0 Å². The SMILES string of the molecule is O=C(O)CC1(C(=O)NCc2nc3ccc(OCCO)cc3s2)Cc2ccccc2C1. The molecule has 1 amide bonds. The van der Waals surface area contributed by atoms with E-state index >= 15 is 0 Å². The van der Waals surface area contributed by atoms with E-state index in [4.69, 9.17) is 9.84 Å². The molecule has 0 fully saturated rings. The Morgan fingerprint density at radius 2 is 1.90 bits per heavy atom. The van der Waals surface area contributed by atoms with E-state index in [1.165, 1.54) is 11.3 Å². The number of carboxylic acids is 1. The molecule has 8 heteroatoms. The Bertz CT molecular complexity index is 1070. The van der Waals surface area contributed by atoms with E-state index in [0.717, 1.165) is 26.4 Å². The van der Waals surface area contributed by atoms with E-state index in [-0.39, 0.29) is 32.1 Å². The first-order valence-corrected chi connectivity index (χ1v) is 10.5. The molecule has 0 spiro atoms. The summed E-state index contributed by atoms with van der Waals surface area (Å²) in [6.07, 6.45) is 0.637. The second-order valence-corrected chi connectivity index (χ2v) is 8.58. The average Bonchev–Trinajstić information content (AvgIpc) is 3.30. The molecule has 1 heterocycles. The minimum absolute atomic E-state index is 0.0556. The van der Waals surface area contributed by atoms with E-state index in [0.29, 0.717) is 18.6 Å². The summed E-state index contributed by atoms with van der Waals surface area (Å²) in [6, 6.07) is 13.2. The molecule has 1 aliphatic carbocycles. The predicted molar refractivity (Wildman–Crippen MR) is 113 cm³/mol. The van der Waals surface area contributed by atoms with E-state index in [1.54, 1.807) is 6.07 Å². The smallest absolute Gasteiger partial charge is 0.304 e. The standard InChI is InChI=1S/C22H22N2O5S/c25-7-8-29-16-5-6-17-18(9-16)30-19(24-17)13-23-21(28)22(12-20(26)27)10-14-3-1-2-4-15(14)11-22/h1-6,9,25H,7-8,10-13H2,(H,23,28)(H,26,27). The Morgan fingerprint density at radius 3 is 2.57 bits per heavy atom. The van der Waals surface area contributed by atoms with Crippen molar-refractivity contribution >= 4 is 33.4 Å². The van der Waals surface area contributed by atoms with Crippen molar-refractivity contribution in [1.29, 1.82) is 0 Å². The van der Waals surface area contributed by atoms with Gasteiger partial charge in [-0.1, -0.05) is 24.3 Å². The number of carboxylic acid groups (broad SMARTS) is 1. The molecule has 0 bridgehead atoms. The minimum atomic E-state index is -0.978. The van der Waals surface area contributed by atoms with E-state index in [9.17, 15) is 14.7 Å². The van der Waals surface area contributed by atoms with Crippen LogP contribution >= 0.6 is 11.3 Å². The highest BCUT2D eigenvalue weighted by molar-refractivity contribution is 7.18. The van der Waals surface area contributed by atoms with Crippen molar-refractivity contribution in [2.24, 2.45) is 5.41 Å². The number of aliphatic hydroxyl groups is 1. The van der Waals surface area contributed by atoms with Crippen molar-refractivity contribution in [1.82, 2.24) is 10.3 Å². The molecule has 30 heavy (non-hydrogen) atoms. The fourth-order valence-corrected chi connectivity index (χ4v) is 4.91. The number of rotatable bonds is 8. The van der Waals surface area contributed by atoms with Gasteiger partial charge in [-0.05, 0) is 42.2 Å². The summed E-state index contributed by atoms with van der Waals surface area (Å²) in [5, 5.41) is 21.9. The molecule has 156 valence electrons. The van der Waals surface area contributed by atoms with Crippen LogP contribution in [0.1, 0.15) is 22.6 Å². The normalized spacial score (nSPS) is 14.4.